The molecule has 0 spiro atoms. The molecule has 4 aromatic rings. The largest absolute Gasteiger partial charge is 0.371 e. The smallest absolute Gasteiger partial charge is 0.261 e. The van der Waals surface area contributed by atoms with E-state index in [1.807, 2.05) is 59.5 Å². The van der Waals surface area contributed by atoms with E-state index < -0.39 is 0 Å². The summed E-state index contributed by atoms with van der Waals surface area (Å²) < 4.78 is 0. The van der Waals surface area contributed by atoms with Crippen LogP contribution in [0.1, 0.15) is 61.6 Å². The van der Waals surface area contributed by atoms with Gasteiger partial charge in [0.1, 0.15) is 0 Å². The number of carbonyl (C=O) groups is 3. The van der Waals surface area contributed by atoms with Crippen molar-refractivity contribution >= 4 is 46.1 Å². The van der Waals surface area contributed by atoms with Crippen molar-refractivity contribution in [1.29, 1.82) is 0 Å². The third-order valence-electron chi connectivity index (χ3n) is 8.22. The molecule has 3 aromatic carbocycles. The summed E-state index contributed by atoms with van der Waals surface area (Å²) in [5.74, 6) is -0.261. The zero-order valence-electron chi connectivity index (χ0n) is 23.3. The topological polar surface area (TPSA) is 81.8 Å². The summed E-state index contributed by atoms with van der Waals surface area (Å²) in [5.41, 5.74) is 5.71. The van der Waals surface area contributed by atoms with Crippen LogP contribution in [0.3, 0.4) is 0 Å². The summed E-state index contributed by atoms with van der Waals surface area (Å²) >= 11 is 1.50. The maximum atomic E-state index is 13.8. The number of carbonyl (C=O) groups excluding carboxylic acids is 3. The molecule has 1 aromatic heterocycles. The van der Waals surface area contributed by atoms with Gasteiger partial charge in [0.25, 0.3) is 17.7 Å². The molecule has 2 N–H and O–H groups in total. The molecule has 0 radical (unpaired) electrons. The lowest BCUT2D eigenvalue weighted by atomic mass is 10.1. The molecule has 1 aliphatic carbocycles. The van der Waals surface area contributed by atoms with E-state index in [-0.39, 0.29) is 17.7 Å². The van der Waals surface area contributed by atoms with Crippen molar-refractivity contribution < 1.29 is 14.4 Å². The number of para-hydroxylation sites is 2. The Hall–Kier alpha value is -4.43. The summed E-state index contributed by atoms with van der Waals surface area (Å²) in [7, 11) is 0. The Bertz CT molecular complexity index is 1670. The zero-order valence-corrected chi connectivity index (χ0v) is 24.1. The van der Waals surface area contributed by atoms with Gasteiger partial charge in [-0.3, -0.25) is 14.4 Å². The summed E-state index contributed by atoms with van der Waals surface area (Å²) in [5, 5.41) is 6.10. The number of nitrogens with one attached hydrogen (secondary N) is 2. The Morgan fingerprint density at radius 3 is 2.26 bits per heavy atom. The van der Waals surface area contributed by atoms with Crippen LogP contribution < -0.4 is 20.4 Å². The van der Waals surface area contributed by atoms with Gasteiger partial charge in [0.05, 0.1) is 16.1 Å². The third kappa shape index (κ3) is 5.18. The fraction of sp³-hybridized carbons (Fsp3) is 0.265. The zero-order chi connectivity index (χ0) is 28.6. The van der Waals surface area contributed by atoms with Gasteiger partial charge in [-0.25, -0.2) is 0 Å². The lowest BCUT2D eigenvalue weighted by Crippen LogP contribution is -2.32. The Kier molecular flexibility index (Phi) is 6.99. The van der Waals surface area contributed by atoms with Crippen LogP contribution in [0.15, 0.2) is 78.9 Å². The van der Waals surface area contributed by atoms with Crippen molar-refractivity contribution in [1.82, 2.24) is 5.32 Å². The molecular weight excluding hydrogens is 544 g/mol. The van der Waals surface area contributed by atoms with E-state index >= 15 is 0 Å². The van der Waals surface area contributed by atoms with E-state index in [1.165, 1.54) is 11.3 Å². The van der Waals surface area contributed by atoms with Crippen LogP contribution in [0.2, 0.25) is 0 Å². The first-order valence-electron chi connectivity index (χ1n) is 14.7. The number of nitrogens with zero attached hydrogens (tertiary/aromatic N) is 2. The summed E-state index contributed by atoms with van der Waals surface area (Å²) in [4.78, 5) is 45.6. The second-order valence-electron chi connectivity index (χ2n) is 11.2. The molecule has 8 heteroatoms. The van der Waals surface area contributed by atoms with Crippen LogP contribution in [0.4, 0.5) is 17.1 Å². The summed E-state index contributed by atoms with van der Waals surface area (Å²) in [6.45, 7) is 2.44. The van der Waals surface area contributed by atoms with Crippen LogP contribution >= 0.6 is 11.3 Å². The first kappa shape index (κ1) is 26.5. The normalized spacial score (nSPS) is 15.9. The number of rotatable bonds is 6. The maximum absolute atomic E-state index is 13.8. The number of hydrogen-bond acceptors (Lipinski definition) is 5. The van der Waals surface area contributed by atoms with Gasteiger partial charge < -0.3 is 20.4 Å². The van der Waals surface area contributed by atoms with Gasteiger partial charge in [-0.1, -0.05) is 30.3 Å². The molecule has 0 atom stereocenters. The lowest BCUT2D eigenvalue weighted by molar-refractivity contribution is 0.0952. The van der Waals surface area contributed by atoms with Gasteiger partial charge in [0, 0.05) is 53.1 Å². The Morgan fingerprint density at radius 1 is 0.786 bits per heavy atom. The number of anilines is 3. The number of amides is 3. The van der Waals surface area contributed by atoms with Crippen molar-refractivity contribution in [3.05, 3.63) is 100 Å². The highest BCUT2D eigenvalue weighted by Crippen LogP contribution is 2.42. The SMILES string of the molecule is O=C(NC1CC1)c1cc2c(s1)-c1ccccc1N(C(=O)c1ccc(NC(=O)c3ccccc3N3CCCC3)cc1)CC2. The maximum Gasteiger partial charge on any atom is 0.261 e. The minimum Gasteiger partial charge on any atom is -0.371 e. The van der Waals surface area contributed by atoms with Crippen molar-refractivity contribution in [3.63, 3.8) is 0 Å². The molecule has 0 bridgehead atoms. The molecule has 7 nitrogen and oxygen atoms in total. The van der Waals surface area contributed by atoms with Crippen LogP contribution in [-0.2, 0) is 6.42 Å². The molecule has 0 unspecified atom stereocenters. The van der Waals surface area contributed by atoms with E-state index in [9.17, 15) is 14.4 Å². The summed E-state index contributed by atoms with van der Waals surface area (Å²) in [6, 6.07) is 25.0. The predicted molar refractivity (Wildman–Crippen MR) is 168 cm³/mol. The number of benzene rings is 3. The van der Waals surface area contributed by atoms with Gasteiger partial charge in [-0.15, -0.1) is 11.3 Å². The van der Waals surface area contributed by atoms with E-state index in [4.69, 9.17) is 0 Å². The standard InChI is InChI=1S/C34H32N4O3S/c39-32(27-8-2-3-9-28(27)37-18-5-6-19-37)35-24-13-11-22(12-14-24)34(41)38-20-17-23-21-30(33(40)36-25-15-16-25)42-31(23)26-7-1-4-10-29(26)38/h1-4,7-14,21,25H,5-6,15-20H2,(H,35,39)(H,36,40). The van der Waals surface area contributed by atoms with E-state index in [0.717, 1.165) is 71.0 Å². The van der Waals surface area contributed by atoms with Gasteiger partial charge in [0.15, 0.2) is 0 Å². The van der Waals surface area contributed by atoms with Crippen LogP contribution in [0.5, 0.6) is 0 Å². The highest BCUT2D eigenvalue weighted by atomic mass is 32.1. The van der Waals surface area contributed by atoms with Gasteiger partial charge in [0.2, 0.25) is 0 Å². The second kappa shape index (κ2) is 11.1. The average Bonchev–Trinajstić information content (AvgIpc) is 3.51. The molecule has 1 saturated heterocycles. The first-order valence-corrected chi connectivity index (χ1v) is 15.5. The number of hydrogen-bond donors (Lipinski definition) is 2. The Morgan fingerprint density at radius 2 is 1.50 bits per heavy atom. The quantitative estimate of drug-likeness (QED) is 0.280. The fourth-order valence-electron chi connectivity index (χ4n) is 5.85. The monoisotopic (exact) mass is 576 g/mol. The highest BCUT2D eigenvalue weighted by molar-refractivity contribution is 7.17. The fourth-order valence-corrected chi connectivity index (χ4v) is 7.00. The molecular formula is C34H32N4O3S. The molecule has 1 saturated carbocycles. The first-order chi connectivity index (χ1) is 20.5. The molecule has 212 valence electrons. The van der Waals surface area contributed by atoms with Crippen molar-refractivity contribution in [3.8, 4) is 10.4 Å². The molecule has 7 rings (SSSR count). The minimum atomic E-state index is -0.158. The Balaban J connectivity index is 1.09. The number of fused-ring (bicyclic) bond motifs is 3. The molecule has 42 heavy (non-hydrogen) atoms. The van der Waals surface area contributed by atoms with Crippen molar-refractivity contribution in [2.75, 3.05) is 34.8 Å². The van der Waals surface area contributed by atoms with Gasteiger partial charge >= 0.3 is 0 Å². The van der Waals surface area contributed by atoms with E-state index in [2.05, 4.69) is 15.5 Å². The minimum absolute atomic E-state index is 0.00676. The lowest BCUT2D eigenvalue weighted by Gasteiger charge is -2.23. The predicted octanol–water partition coefficient (Wildman–Crippen LogP) is 6.36. The molecule has 2 fully saturated rings. The van der Waals surface area contributed by atoms with E-state index in [1.54, 1.807) is 24.3 Å². The van der Waals surface area contributed by atoms with Crippen LogP contribution in [0, 0.1) is 0 Å². The Labute approximate surface area is 249 Å². The molecule has 3 amide bonds. The van der Waals surface area contributed by atoms with Crippen LogP contribution in [0.25, 0.3) is 10.4 Å². The third-order valence-corrected chi connectivity index (χ3v) is 9.43. The average molecular weight is 577 g/mol. The summed E-state index contributed by atoms with van der Waals surface area (Å²) in [6.07, 6.45) is 5.04. The highest BCUT2D eigenvalue weighted by Gasteiger charge is 2.29. The van der Waals surface area contributed by atoms with Gasteiger partial charge in [-0.05, 0) is 86.2 Å². The van der Waals surface area contributed by atoms with E-state index in [0.29, 0.717) is 35.8 Å². The molecule has 3 heterocycles. The van der Waals surface area contributed by atoms with Crippen LogP contribution in [-0.4, -0.2) is 43.4 Å². The van der Waals surface area contributed by atoms with Gasteiger partial charge in [-0.2, -0.15) is 0 Å². The van der Waals surface area contributed by atoms with Crippen molar-refractivity contribution in [2.24, 2.45) is 0 Å². The molecule has 2 aliphatic heterocycles. The second-order valence-corrected chi connectivity index (χ2v) is 12.2. The molecule has 3 aliphatic rings. The number of thiophene rings is 1. The van der Waals surface area contributed by atoms with Crippen molar-refractivity contribution in [2.45, 2.75) is 38.1 Å².